The number of carbonyl (C=O) groups excluding carboxylic acids is 1. The van der Waals surface area contributed by atoms with E-state index in [4.69, 9.17) is 5.11 Å². The van der Waals surface area contributed by atoms with E-state index in [0.717, 1.165) is 12.1 Å². The van der Waals surface area contributed by atoms with Crippen molar-refractivity contribution in [1.29, 1.82) is 0 Å². The molecule has 1 aromatic carbocycles. The number of benzene rings is 1. The number of nitro groups is 2. The summed E-state index contributed by atoms with van der Waals surface area (Å²) in [5, 5.41) is 32.0. The summed E-state index contributed by atoms with van der Waals surface area (Å²) in [6, 6.07) is 1.13. The summed E-state index contributed by atoms with van der Waals surface area (Å²) in [4.78, 5) is 41.8. The van der Waals surface area contributed by atoms with Gasteiger partial charge in [-0.3, -0.25) is 29.8 Å². The third kappa shape index (κ3) is 3.48. The van der Waals surface area contributed by atoms with Crippen molar-refractivity contribution in [3.63, 3.8) is 0 Å². The lowest BCUT2D eigenvalue weighted by atomic mass is 10.1. The molecule has 0 aliphatic heterocycles. The highest BCUT2D eigenvalue weighted by Crippen LogP contribution is 2.22. The van der Waals surface area contributed by atoms with Crippen molar-refractivity contribution in [3.8, 4) is 0 Å². The Kier molecular flexibility index (Phi) is 4.31. The van der Waals surface area contributed by atoms with Crippen molar-refractivity contribution in [2.45, 2.75) is 13.0 Å². The van der Waals surface area contributed by atoms with Crippen LogP contribution in [-0.4, -0.2) is 32.9 Å². The van der Waals surface area contributed by atoms with E-state index in [-0.39, 0.29) is 5.56 Å². The first-order chi connectivity index (χ1) is 9.22. The van der Waals surface area contributed by atoms with Crippen molar-refractivity contribution >= 4 is 23.3 Å². The number of non-ortho nitro benzene ring substituents is 2. The Bertz CT molecular complexity index is 566. The standard InChI is InChI=1S/C10H9N3O7/c1-5(10(15)16)11-9(14)6-2-7(12(17)18)4-8(3-6)13(19)20/h2-5H,1H3,(H,11,14)(H,15,16)/t5-/m1/s1. The highest BCUT2D eigenvalue weighted by atomic mass is 16.6. The predicted molar refractivity (Wildman–Crippen MR) is 64.3 cm³/mol. The van der Waals surface area contributed by atoms with Crippen molar-refractivity contribution in [3.05, 3.63) is 44.0 Å². The molecule has 20 heavy (non-hydrogen) atoms. The summed E-state index contributed by atoms with van der Waals surface area (Å²) in [7, 11) is 0. The Labute approximate surface area is 111 Å². The first-order valence-electron chi connectivity index (χ1n) is 5.20. The third-order valence-electron chi connectivity index (χ3n) is 2.30. The molecule has 1 rings (SSSR count). The smallest absolute Gasteiger partial charge is 0.325 e. The number of nitrogens with zero attached hydrogens (tertiary/aromatic N) is 2. The second-order valence-corrected chi connectivity index (χ2v) is 3.79. The molecule has 106 valence electrons. The van der Waals surface area contributed by atoms with Crippen molar-refractivity contribution in [2.75, 3.05) is 0 Å². The zero-order valence-electron chi connectivity index (χ0n) is 10.1. The van der Waals surface area contributed by atoms with Gasteiger partial charge >= 0.3 is 5.97 Å². The maximum absolute atomic E-state index is 11.7. The van der Waals surface area contributed by atoms with Crippen LogP contribution in [0.4, 0.5) is 11.4 Å². The van der Waals surface area contributed by atoms with Gasteiger partial charge in [-0.15, -0.1) is 0 Å². The Morgan fingerprint density at radius 3 is 1.95 bits per heavy atom. The molecule has 0 aliphatic carbocycles. The van der Waals surface area contributed by atoms with Crippen LogP contribution in [0, 0.1) is 20.2 Å². The van der Waals surface area contributed by atoms with Crippen LogP contribution in [0.2, 0.25) is 0 Å². The second kappa shape index (κ2) is 5.73. The van der Waals surface area contributed by atoms with Gasteiger partial charge in [-0.2, -0.15) is 0 Å². The van der Waals surface area contributed by atoms with Gasteiger partial charge in [-0.1, -0.05) is 0 Å². The van der Waals surface area contributed by atoms with Gasteiger partial charge in [0.15, 0.2) is 0 Å². The molecule has 0 saturated carbocycles. The van der Waals surface area contributed by atoms with Crippen molar-refractivity contribution in [1.82, 2.24) is 5.32 Å². The van der Waals surface area contributed by atoms with E-state index in [9.17, 15) is 29.8 Å². The molecule has 0 spiro atoms. The minimum absolute atomic E-state index is 0.362. The molecule has 0 fully saturated rings. The molecule has 2 N–H and O–H groups in total. The van der Waals surface area contributed by atoms with Crippen LogP contribution in [0.1, 0.15) is 17.3 Å². The Morgan fingerprint density at radius 2 is 1.60 bits per heavy atom. The van der Waals surface area contributed by atoms with Crippen LogP contribution in [0.25, 0.3) is 0 Å². The van der Waals surface area contributed by atoms with E-state index >= 15 is 0 Å². The molecule has 0 aliphatic rings. The van der Waals surface area contributed by atoms with Gasteiger partial charge in [-0.25, -0.2) is 0 Å². The number of hydrogen-bond donors (Lipinski definition) is 2. The molecule has 10 heteroatoms. The molecule has 0 saturated heterocycles. The first-order valence-corrected chi connectivity index (χ1v) is 5.20. The molecule has 0 bridgehead atoms. The van der Waals surface area contributed by atoms with Gasteiger partial charge in [0, 0.05) is 12.1 Å². The molecule has 10 nitrogen and oxygen atoms in total. The lowest BCUT2D eigenvalue weighted by molar-refractivity contribution is -0.394. The van der Waals surface area contributed by atoms with E-state index in [0.29, 0.717) is 6.07 Å². The molecule has 1 atom stereocenters. The molecule has 1 amide bonds. The molecular weight excluding hydrogens is 274 g/mol. The fraction of sp³-hybridized carbons (Fsp3) is 0.200. The van der Waals surface area contributed by atoms with E-state index in [2.05, 4.69) is 0 Å². The fourth-order valence-electron chi connectivity index (χ4n) is 1.28. The Morgan fingerprint density at radius 1 is 1.15 bits per heavy atom. The van der Waals surface area contributed by atoms with Crippen molar-refractivity contribution < 1.29 is 24.5 Å². The minimum atomic E-state index is -1.31. The van der Waals surface area contributed by atoms with Crippen LogP contribution in [0.15, 0.2) is 18.2 Å². The van der Waals surface area contributed by atoms with E-state index in [1.165, 1.54) is 6.92 Å². The molecule has 0 heterocycles. The molecule has 1 aromatic rings. The lowest BCUT2D eigenvalue weighted by Crippen LogP contribution is -2.38. The Balaban J connectivity index is 3.16. The SMILES string of the molecule is C[C@@H](NC(=O)c1cc([N+](=O)[O-])cc([N+](=O)[O-])c1)C(=O)O. The first kappa shape index (κ1) is 15.0. The number of amides is 1. The normalized spacial score (nSPS) is 11.4. The van der Waals surface area contributed by atoms with Crippen molar-refractivity contribution in [2.24, 2.45) is 0 Å². The summed E-state index contributed by atoms with van der Waals surface area (Å²) in [5.41, 5.74) is -1.63. The molecular formula is C10H9N3O7. The van der Waals surface area contributed by atoms with Crippen LogP contribution in [-0.2, 0) is 4.79 Å². The number of rotatable bonds is 5. The summed E-state index contributed by atoms with van der Waals surface area (Å²) < 4.78 is 0. The van der Waals surface area contributed by atoms with Gasteiger partial charge < -0.3 is 10.4 Å². The third-order valence-corrected chi connectivity index (χ3v) is 2.30. The second-order valence-electron chi connectivity index (χ2n) is 3.79. The zero-order chi connectivity index (χ0) is 15.4. The largest absolute Gasteiger partial charge is 0.480 e. The van der Waals surface area contributed by atoms with Gasteiger partial charge in [-0.05, 0) is 6.92 Å². The molecule has 0 unspecified atom stereocenters. The van der Waals surface area contributed by atoms with Gasteiger partial charge in [0.1, 0.15) is 6.04 Å². The monoisotopic (exact) mass is 283 g/mol. The lowest BCUT2D eigenvalue weighted by Gasteiger charge is -2.08. The highest BCUT2D eigenvalue weighted by Gasteiger charge is 2.22. The number of carbonyl (C=O) groups is 2. The number of nitro benzene ring substituents is 2. The zero-order valence-corrected chi connectivity index (χ0v) is 10.1. The highest BCUT2D eigenvalue weighted by molar-refractivity contribution is 5.97. The summed E-state index contributed by atoms with van der Waals surface area (Å²) >= 11 is 0. The number of nitrogens with one attached hydrogen (secondary N) is 1. The van der Waals surface area contributed by atoms with Gasteiger partial charge in [0.25, 0.3) is 17.3 Å². The topological polar surface area (TPSA) is 153 Å². The van der Waals surface area contributed by atoms with E-state index in [1.807, 2.05) is 5.32 Å². The van der Waals surface area contributed by atoms with Crippen LogP contribution in [0.3, 0.4) is 0 Å². The van der Waals surface area contributed by atoms with Gasteiger partial charge in [0.2, 0.25) is 0 Å². The fourth-order valence-corrected chi connectivity index (χ4v) is 1.28. The Hall–Kier alpha value is -3.04. The maximum Gasteiger partial charge on any atom is 0.325 e. The van der Waals surface area contributed by atoms with Gasteiger partial charge in [0.05, 0.1) is 21.5 Å². The summed E-state index contributed by atoms with van der Waals surface area (Å²) in [6.07, 6.45) is 0. The number of carboxylic acid groups (broad SMARTS) is 1. The summed E-state index contributed by atoms with van der Waals surface area (Å²) in [5.74, 6) is -2.26. The van der Waals surface area contributed by atoms with Crippen LogP contribution in [0.5, 0.6) is 0 Å². The minimum Gasteiger partial charge on any atom is -0.480 e. The van der Waals surface area contributed by atoms with Crippen LogP contribution >= 0.6 is 0 Å². The van der Waals surface area contributed by atoms with E-state index in [1.54, 1.807) is 0 Å². The average Bonchev–Trinajstić information content (AvgIpc) is 2.37. The summed E-state index contributed by atoms with van der Waals surface area (Å²) in [6.45, 7) is 1.19. The predicted octanol–water partition coefficient (Wildman–Crippen LogP) is 0.706. The maximum atomic E-state index is 11.7. The number of carboxylic acids is 1. The average molecular weight is 283 g/mol. The van der Waals surface area contributed by atoms with E-state index < -0.39 is 39.1 Å². The molecule has 0 aromatic heterocycles. The van der Waals surface area contributed by atoms with Crippen LogP contribution < -0.4 is 5.32 Å². The number of aliphatic carboxylic acids is 1. The number of hydrogen-bond acceptors (Lipinski definition) is 6. The molecule has 0 radical (unpaired) electrons. The quantitative estimate of drug-likeness (QED) is 0.595.